The van der Waals surface area contributed by atoms with Gasteiger partial charge in [0.05, 0.1) is 23.1 Å². The second-order valence-corrected chi connectivity index (χ2v) is 4.31. The molecule has 0 fully saturated rings. The van der Waals surface area contributed by atoms with Crippen LogP contribution in [0.1, 0.15) is 10.4 Å². The van der Waals surface area contributed by atoms with Crippen molar-refractivity contribution in [3.05, 3.63) is 66.3 Å². The lowest BCUT2D eigenvalue weighted by molar-refractivity contribution is 0.0957. The number of benzene rings is 1. The first-order valence-corrected chi connectivity index (χ1v) is 6.27. The number of nitrogens with zero attached hydrogens (tertiary/aromatic N) is 1. The lowest BCUT2D eigenvalue weighted by Gasteiger charge is -2.09. The Labute approximate surface area is 124 Å². The first-order valence-electron chi connectivity index (χ1n) is 6.27. The van der Waals surface area contributed by atoms with Gasteiger partial charge in [-0.1, -0.05) is 6.08 Å². The largest absolute Gasteiger partial charge is 0.352 e. The van der Waals surface area contributed by atoms with Crippen LogP contribution in [-0.4, -0.2) is 17.4 Å². The van der Waals surface area contributed by atoms with Crippen LogP contribution in [-0.2, 0) is 0 Å². The highest BCUT2D eigenvalue weighted by atomic mass is 19.2. The maximum absolute atomic E-state index is 13.6. The van der Waals surface area contributed by atoms with E-state index in [-0.39, 0.29) is 29.4 Å². The van der Waals surface area contributed by atoms with Crippen LogP contribution < -0.4 is 10.6 Å². The average Bonchev–Trinajstić information content (AvgIpc) is 2.53. The molecular formula is C15H12F3N3O. The summed E-state index contributed by atoms with van der Waals surface area (Å²) in [5.41, 5.74) is 0.232. The molecule has 22 heavy (non-hydrogen) atoms. The second-order valence-electron chi connectivity index (χ2n) is 4.31. The summed E-state index contributed by atoms with van der Waals surface area (Å²) in [6.07, 6.45) is 4.17. The first kappa shape index (κ1) is 15.6. The lowest BCUT2D eigenvalue weighted by atomic mass is 10.2. The van der Waals surface area contributed by atoms with E-state index in [4.69, 9.17) is 0 Å². The monoisotopic (exact) mass is 307 g/mol. The molecule has 0 aliphatic heterocycles. The van der Waals surface area contributed by atoms with Crippen LogP contribution in [0, 0.1) is 17.5 Å². The fourth-order valence-corrected chi connectivity index (χ4v) is 1.68. The third-order valence-electron chi connectivity index (χ3n) is 2.72. The molecule has 0 saturated heterocycles. The minimum Gasteiger partial charge on any atom is -0.352 e. The topological polar surface area (TPSA) is 54.0 Å². The fraction of sp³-hybridized carbons (Fsp3) is 0.0667. The zero-order chi connectivity index (χ0) is 16.1. The summed E-state index contributed by atoms with van der Waals surface area (Å²) >= 11 is 0. The van der Waals surface area contributed by atoms with Gasteiger partial charge in [0.1, 0.15) is 0 Å². The molecule has 0 bridgehead atoms. The molecule has 1 amide bonds. The molecular weight excluding hydrogens is 295 g/mol. The molecule has 0 aliphatic carbocycles. The molecule has 114 valence electrons. The minimum absolute atomic E-state index is 0.231. The summed E-state index contributed by atoms with van der Waals surface area (Å²) in [6, 6.07) is 3.26. The fourth-order valence-electron chi connectivity index (χ4n) is 1.68. The standard InChI is InChI=1S/C15H12F3N3O/c1-2-5-20-15(22)9-6-10(8-19-7-9)21-12-4-3-11(16)13(17)14(12)18/h2-4,6-8,21H,1,5H2,(H,20,22). The molecule has 2 N–H and O–H groups in total. The summed E-state index contributed by atoms with van der Waals surface area (Å²) in [5, 5.41) is 5.11. The molecule has 0 unspecified atom stereocenters. The molecule has 1 aromatic heterocycles. The molecule has 0 aliphatic rings. The van der Waals surface area contributed by atoms with Crippen LogP contribution in [0.3, 0.4) is 0 Å². The van der Waals surface area contributed by atoms with Crippen LogP contribution in [0.15, 0.2) is 43.2 Å². The molecule has 2 aromatic rings. The van der Waals surface area contributed by atoms with Gasteiger partial charge in [0.2, 0.25) is 0 Å². The van der Waals surface area contributed by atoms with Crippen LogP contribution in [0.25, 0.3) is 0 Å². The molecule has 0 atom stereocenters. The summed E-state index contributed by atoms with van der Waals surface area (Å²) in [5.74, 6) is -4.58. The number of pyridine rings is 1. The first-order chi connectivity index (χ1) is 10.5. The Morgan fingerprint density at radius 1 is 1.23 bits per heavy atom. The molecule has 1 heterocycles. The van der Waals surface area contributed by atoms with Gasteiger partial charge in [0, 0.05) is 12.7 Å². The number of rotatable bonds is 5. The van der Waals surface area contributed by atoms with E-state index in [9.17, 15) is 18.0 Å². The van der Waals surface area contributed by atoms with Crippen molar-refractivity contribution in [2.24, 2.45) is 0 Å². The number of carbonyl (C=O) groups is 1. The van der Waals surface area contributed by atoms with Gasteiger partial charge in [-0.2, -0.15) is 0 Å². The Hall–Kier alpha value is -2.83. The maximum atomic E-state index is 13.6. The predicted molar refractivity (Wildman–Crippen MR) is 76.4 cm³/mol. The van der Waals surface area contributed by atoms with Gasteiger partial charge >= 0.3 is 0 Å². The van der Waals surface area contributed by atoms with Crippen molar-refractivity contribution in [2.45, 2.75) is 0 Å². The summed E-state index contributed by atoms with van der Waals surface area (Å²) in [4.78, 5) is 15.6. The van der Waals surface area contributed by atoms with Crippen molar-refractivity contribution < 1.29 is 18.0 Å². The third-order valence-corrected chi connectivity index (χ3v) is 2.72. The van der Waals surface area contributed by atoms with Gasteiger partial charge in [0.25, 0.3) is 5.91 Å². The lowest BCUT2D eigenvalue weighted by Crippen LogP contribution is -2.23. The van der Waals surface area contributed by atoms with Gasteiger partial charge in [-0.3, -0.25) is 9.78 Å². The molecule has 0 saturated carbocycles. The maximum Gasteiger partial charge on any atom is 0.253 e. The summed E-state index contributed by atoms with van der Waals surface area (Å²) in [6.45, 7) is 3.76. The van der Waals surface area contributed by atoms with Crippen LogP contribution in [0.5, 0.6) is 0 Å². The van der Waals surface area contributed by atoms with Crippen LogP contribution in [0.2, 0.25) is 0 Å². The Bertz CT molecular complexity index is 719. The molecule has 2 rings (SSSR count). The number of carbonyl (C=O) groups excluding carboxylic acids is 1. The SMILES string of the molecule is C=CCNC(=O)c1cncc(Nc2ccc(F)c(F)c2F)c1. The van der Waals surface area contributed by atoms with Crippen molar-refractivity contribution in [3.63, 3.8) is 0 Å². The quantitative estimate of drug-likeness (QED) is 0.659. The zero-order valence-corrected chi connectivity index (χ0v) is 11.4. The van der Waals surface area contributed by atoms with E-state index in [1.807, 2.05) is 0 Å². The van der Waals surface area contributed by atoms with E-state index in [0.29, 0.717) is 0 Å². The summed E-state index contributed by atoms with van der Waals surface area (Å²) < 4.78 is 39.6. The third kappa shape index (κ3) is 3.43. The van der Waals surface area contributed by atoms with Gasteiger partial charge in [-0.25, -0.2) is 13.2 Å². The van der Waals surface area contributed by atoms with Crippen LogP contribution >= 0.6 is 0 Å². The smallest absolute Gasteiger partial charge is 0.253 e. The van der Waals surface area contributed by atoms with E-state index >= 15 is 0 Å². The second kappa shape index (κ2) is 6.75. The Kier molecular flexibility index (Phi) is 4.77. The van der Waals surface area contributed by atoms with E-state index in [2.05, 4.69) is 22.2 Å². The van der Waals surface area contributed by atoms with E-state index in [1.165, 1.54) is 24.5 Å². The number of anilines is 2. The van der Waals surface area contributed by atoms with Gasteiger partial charge in [-0.05, 0) is 18.2 Å². The number of hydrogen-bond donors (Lipinski definition) is 2. The zero-order valence-electron chi connectivity index (χ0n) is 11.4. The van der Waals surface area contributed by atoms with E-state index in [0.717, 1.165) is 12.1 Å². The van der Waals surface area contributed by atoms with Crippen molar-refractivity contribution in [3.8, 4) is 0 Å². The van der Waals surface area contributed by atoms with Crippen LogP contribution in [0.4, 0.5) is 24.5 Å². The van der Waals surface area contributed by atoms with Gasteiger partial charge in [-0.15, -0.1) is 6.58 Å². The van der Waals surface area contributed by atoms with Gasteiger partial charge in [0.15, 0.2) is 17.5 Å². The molecule has 0 radical (unpaired) electrons. The normalized spacial score (nSPS) is 10.1. The Balaban J connectivity index is 2.22. The highest BCUT2D eigenvalue weighted by Gasteiger charge is 2.14. The number of aromatic nitrogens is 1. The van der Waals surface area contributed by atoms with Crippen molar-refractivity contribution >= 4 is 17.3 Å². The summed E-state index contributed by atoms with van der Waals surface area (Å²) in [7, 11) is 0. The number of amides is 1. The van der Waals surface area contributed by atoms with Crippen molar-refractivity contribution in [1.29, 1.82) is 0 Å². The van der Waals surface area contributed by atoms with E-state index in [1.54, 1.807) is 0 Å². The molecule has 0 spiro atoms. The number of hydrogen-bond acceptors (Lipinski definition) is 3. The number of halogens is 3. The minimum atomic E-state index is -1.57. The van der Waals surface area contributed by atoms with Crippen molar-refractivity contribution in [2.75, 3.05) is 11.9 Å². The van der Waals surface area contributed by atoms with Gasteiger partial charge < -0.3 is 10.6 Å². The van der Waals surface area contributed by atoms with E-state index < -0.39 is 17.5 Å². The highest BCUT2D eigenvalue weighted by Crippen LogP contribution is 2.23. The Morgan fingerprint density at radius 2 is 2.00 bits per heavy atom. The average molecular weight is 307 g/mol. The molecule has 1 aromatic carbocycles. The highest BCUT2D eigenvalue weighted by molar-refractivity contribution is 5.94. The number of nitrogens with one attached hydrogen (secondary N) is 2. The van der Waals surface area contributed by atoms with Crippen molar-refractivity contribution in [1.82, 2.24) is 10.3 Å². The predicted octanol–water partition coefficient (Wildman–Crippen LogP) is 3.16. The Morgan fingerprint density at radius 3 is 2.73 bits per heavy atom. The molecule has 7 heteroatoms. The molecule has 4 nitrogen and oxygen atoms in total.